The topological polar surface area (TPSA) is 75.4 Å². The molecule has 0 radical (unpaired) electrons. The van der Waals surface area contributed by atoms with Gasteiger partial charge >= 0.3 is 0 Å². The summed E-state index contributed by atoms with van der Waals surface area (Å²) >= 11 is 3.10. The minimum atomic E-state index is -0.00738. The molecule has 1 fully saturated rings. The molecule has 1 amide bonds. The Morgan fingerprint density at radius 1 is 1.06 bits per heavy atom. The molecule has 0 aliphatic carbocycles. The summed E-state index contributed by atoms with van der Waals surface area (Å²) in [7, 11) is 0. The van der Waals surface area contributed by atoms with Gasteiger partial charge in [0.1, 0.15) is 10.7 Å². The van der Waals surface area contributed by atoms with Crippen LogP contribution in [0.2, 0.25) is 0 Å². The summed E-state index contributed by atoms with van der Waals surface area (Å²) in [6.07, 6.45) is 0. The van der Waals surface area contributed by atoms with Crippen LogP contribution in [0.1, 0.15) is 21.9 Å². The number of piperazine rings is 1. The minimum Gasteiger partial charge on any atom is -0.338 e. The standard InChI is InChI=1S/C22H21N5O2S2/c1-15-4-6-16(7-5-15)21-23-17(14-31-21)22(28)27-10-8-26(9-11-27)13-19-24-20(25-29-19)18-3-2-12-30-18/h2-7,12,14H,8-11,13H2,1H3. The molecule has 5 rings (SSSR count). The Kier molecular flexibility index (Phi) is 5.63. The molecular weight excluding hydrogens is 430 g/mol. The van der Waals surface area contributed by atoms with E-state index in [-0.39, 0.29) is 5.91 Å². The zero-order valence-electron chi connectivity index (χ0n) is 17.0. The summed E-state index contributed by atoms with van der Waals surface area (Å²) in [5, 5.41) is 8.79. The smallest absolute Gasteiger partial charge is 0.273 e. The van der Waals surface area contributed by atoms with Crippen molar-refractivity contribution in [2.45, 2.75) is 13.5 Å². The van der Waals surface area contributed by atoms with Crippen LogP contribution in [0.4, 0.5) is 0 Å². The number of benzene rings is 1. The Labute approximate surface area is 188 Å². The van der Waals surface area contributed by atoms with Gasteiger partial charge in [-0.15, -0.1) is 22.7 Å². The SMILES string of the molecule is Cc1ccc(-c2nc(C(=O)N3CCN(Cc4nc(-c5cccs5)no4)CC3)cs2)cc1. The maximum atomic E-state index is 12.9. The molecule has 0 bridgehead atoms. The number of aryl methyl sites for hydroxylation is 1. The van der Waals surface area contributed by atoms with E-state index in [1.165, 1.54) is 16.9 Å². The molecule has 3 aromatic heterocycles. The van der Waals surface area contributed by atoms with E-state index < -0.39 is 0 Å². The Hall–Kier alpha value is -2.88. The fourth-order valence-electron chi connectivity index (χ4n) is 3.49. The number of hydrogen-bond donors (Lipinski definition) is 0. The summed E-state index contributed by atoms with van der Waals surface area (Å²) in [6.45, 7) is 5.48. The van der Waals surface area contributed by atoms with Gasteiger partial charge in [-0.1, -0.05) is 41.1 Å². The van der Waals surface area contributed by atoms with Crippen molar-refractivity contribution in [2.75, 3.05) is 26.2 Å². The zero-order chi connectivity index (χ0) is 21.2. The van der Waals surface area contributed by atoms with Gasteiger partial charge in [0.05, 0.1) is 11.4 Å². The molecule has 1 aromatic carbocycles. The van der Waals surface area contributed by atoms with Crippen LogP contribution in [0, 0.1) is 6.92 Å². The average Bonchev–Trinajstić information content (AvgIpc) is 3.56. The molecule has 4 heterocycles. The fraction of sp³-hybridized carbons (Fsp3) is 0.273. The third kappa shape index (κ3) is 4.43. The number of carbonyl (C=O) groups is 1. The van der Waals surface area contributed by atoms with Gasteiger partial charge in [0.2, 0.25) is 11.7 Å². The highest BCUT2D eigenvalue weighted by molar-refractivity contribution is 7.13. The summed E-state index contributed by atoms with van der Waals surface area (Å²) in [5.74, 6) is 1.23. The minimum absolute atomic E-state index is 0.00738. The van der Waals surface area contributed by atoms with E-state index in [0.29, 0.717) is 37.0 Å². The largest absolute Gasteiger partial charge is 0.338 e. The third-order valence-corrected chi connectivity index (χ3v) is 7.01. The Balaban J connectivity index is 1.17. The first kappa shape index (κ1) is 20.0. The molecule has 4 aromatic rings. The normalized spacial score (nSPS) is 14.8. The molecular formula is C22H21N5O2S2. The van der Waals surface area contributed by atoms with Crippen molar-refractivity contribution in [3.8, 4) is 21.3 Å². The Morgan fingerprint density at radius 3 is 2.61 bits per heavy atom. The van der Waals surface area contributed by atoms with Crippen LogP contribution in [0.3, 0.4) is 0 Å². The van der Waals surface area contributed by atoms with Crippen molar-refractivity contribution < 1.29 is 9.32 Å². The van der Waals surface area contributed by atoms with Gasteiger partial charge < -0.3 is 9.42 Å². The number of thiophene rings is 1. The highest BCUT2D eigenvalue weighted by atomic mass is 32.1. The number of carbonyl (C=O) groups excluding carboxylic acids is 1. The van der Waals surface area contributed by atoms with Crippen molar-refractivity contribution in [1.82, 2.24) is 24.9 Å². The molecule has 0 unspecified atom stereocenters. The molecule has 0 N–H and O–H groups in total. The Bertz CT molecular complexity index is 1160. The van der Waals surface area contributed by atoms with Crippen LogP contribution in [-0.2, 0) is 6.54 Å². The van der Waals surface area contributed by atoms with Crippen molar-refractivity contribution in [2.24, 2.45) is 0 Å². The quantitative estimate of drug-likeness (QED) is 0.453. The van der Waals surface area contributed by atoms with Gasteiger partial charge in [0.25, 0.3) is 5.91 Å². The lowest BCUT2D eigenvalue weighted by Crippen LogP contribution is -2.48. The summed E-state index contributed by atoms with van der Waals surface area (Å²) in [5.41, 5.74) is 2.77. The van der Waals surface area contributed by atoms with Crippen LogP contribution in [0.25, 0.3) is 21.3 Å². The molecule has 1 aliphatic heterocycles. The van der Waals surface area contributed by atoms with Crippen LogP contribution in [0.15, 0.2) is 51.7 Å². The molecule has 0 saturated carbocycles. The first-order valence-corrected chi connectivity index (χ1v) is 11.8. The molecule has 31 heavy (non-hydrogen) atoms. The second kappa shape index (κ2) is 8.70. The first-order valence-electron chi connectivity index (χ1n) is 10.1. The molecule has 0 spiro atoms. The number of aromatic nitrogens is 3. The number of hydrogen-bond acceptors (Lipinski definition) is 8. The predicted molar refractivity (Wildman–Crippen MR) is 121 cm³/mol. The van der Waals surface area contributed by atoms with Crippen molar-refractivity contribution in [3.63, 3.8) is 0 Å². The van der Waals surface area contributed by atoms with Crippen molar-refractivity contribution in [1.29, 1.82) is 0 Å². The van der Waals surface area contributed by atoms with E-state index >= 15 is 0 Å². The van der Waals surface area contributed by atoms with Gasteiger partial charge in [-0.2, -0.15) is 4.98 Å². The second-order valence-electron chi connectivity index (χ2n) is 7.46. The van der Waals surface area contributed by atoms with Crippen LogP contribution < -0.4 is 0 Å². The van der Waals surface area contributed by atoms with Gasteiger partial charge in [-0.25, -0.2) is 4.98 Å². The number of thiazole rings is 1. The van der Waals surface area contributed by atoms with E-state index in [1.54, 1.807) is 11.3 Å². The average molecular weight is 452 g/mol. The zero-order valence-corrected chi connectivity index (χ0v) is 18.7. The van der Waals surface area contributed by atoms with Crippen LogP contribution in [0.5, 0.6) is 0 Å². The van der Waals surface area contributed by atoms with Gasteiger partial charge in [-0.05, 0) is 18.4 Å². The molecule has 7 nitrogen and oxygen atoms in total. The molecule has 0 atom stereocenters. The monoisotopic (exact) mass is 451 g/mol. The first-order chi connectivity index (χ1) is 15.2. The molecule has 1 aliphatic rings. The van der Waals surface area contributed by atoms with Gasteiger partial charge in [-0.3, -0.25) is 9.69 Å². The van der Waals surface area contributed by atoms with Crippen LogP contribution >= 0.6 is 22.7 Å². The van der Waals surface area contributed by atoms with E-state index in [9.17, 15) is 4.79 Å². The summed E-state index contributed by atoms with van der Waals surface area (Å²) in [6, 6.07) is 12.2. The second-order valence-corrected chi connectivity index (χ2v) is 9.27. The number of rotatable bonds is 5. The predicted octanol–water partition coefficient (Wildman–Crippen LogP) is 4.19. The maximum Gasteiger partial charge on any atom is 0.273 e. The third-order valence-electron chi connectivity index (χ3n) is 5.25. The molecule has 158 valence electrons. The lowest BCUT2D eigenvalue weighted by molar-refractivity contribution is 0.0610. The van der Waals surface area contributed by atoms with Crippen LogP contribution in [-0.4, -0.2) is 57.0 Å². The van der Waals surface area contributed by atoms with E-state index in [1.807, 2.05) is 39.9 Å². The summed E-state index contributed by atoms with van der Waals surface area (Å²) in [4.78, 5) is 27.1. The highest BCUT2D eigenvalue weighted by Gasteiger charge is 2.25. The highest BCUT2D eigenvalue weighted by Crippen LogP contribution is 2.25. The van der Waals surface area contributed by atoms with E-state index in [4.69, 9.17) is 4.52 Å². The molecule has 1 saturated heterocycles. The van der Waals surface area contributed by atoms with E-state index in [2.05, 4.69) is 39.1 Å². The van der Waals surface area contributed by atoms with Gasteiger partial charge in [0.15, 0.2) is 0 Å². The number of nitrogens with zero attached hydrogens (tertiary/aromatic N) is 5. The fourth-order valence-corrected chi connectivity index (χ4v) is 4.94. The lowest BCUT2D eigenvalue weighted by atomic mass is 10.2. The van der Waals surface area contributed by atoms with E-state index in [0.717, 1.165) is 28.5 Å². The van der Waals surface area contributed by atoms with Crippen molar-refractivity contribution >= 4 is 28.6 Å². The maximum absolute atomic E-state index is 12.9. The molecule has 9 heteroatoms. The Morgan fingerprint density at radius 2 is 1.87 bits per heavy atom. The lowest BCUT2D eigenvalue weighted by Gasteiger charge is -2.33. The van der Waals surface area contributed by atoms with Gasteiger partial charge in [0, 0.05) is 37.1 Å². The van der Waals surface area contributed by atoms with Crippen molar-refractivity contribution in [3.05, 3.63) is 64.3 Å². The number of amides is 1. The summed E-state index contributed by atoms with van der Waals surface area (Å²) < 4.78 is 5.40.